The smallest absolute Gasteiger partial charge is 0.226 e. The Morgan fingerprint density at radius 3 is 3.19 bits per heavy atom. The number of aryl methyl sites for hydroxylation is 2. The van der Waals surface area contributed by atoms with Crippen LogP contribution in [-0.4, -0.2) is 27.5 Å². The number of rotatable bonds is 5. The molecule has 6 heteroatoms. The predicted molar refractivity (Wildman–Crippen MR) is 80.0 cm³/mol. The SMILES string of the molecule is Cc1noc(CCCC(=O)N2CCC[C@@H]2c2cccs2)n1. The van der Waals surface area contributed by atoms with Gasteiger partial charge in [-0.15, -0.1) is 11.3 Å². The lowest BCUT2D eigenvalue weighted by atomic mass is 10.1. The predicted octanol–water partition coefficient (Wildman–Crippen LogP) is 3.13. The molecular weight excluding hydrogens is 286 g/mol. The van der Waals surface area contributed by atoms with Crippen LogP contribution in [0.25, 0.3) is 0 Å². The number of amides is 1. The van der Waals surface area contributed by atoms with Crippen LogP contribution in [0.2, 0.25) is 0 Å². The van der Waals surface area contributed by atoms with Crippen LogP contribution in [0.15, 0.2) is 22.0 Å². The number of hydrogen-bond donors (Lipinski definition) is 0. The summed E-state index contributed by atoms with van der Waals surface area (Å²) in [6, 6.07) is 4.46. The van der Waals surface area contributed by atoms with E-state index in [2.05, 4.69) is 27.7 Å². The Morgan fingerprint density at radius 2 is 2.48 bits per heavy atom. The first-order valence-electron chi connectivity index (χ1n) is 7.36. The van der Waals surface area contributed by atoms with Crippen molar-refractivity contribution < 1.29 is 9.32 Å². The summed E-state index contributed by atoms with van der Waals surface area (Å²) in [5, 5.41) is 5.84. The van der Waals surface area contributed by atoms with Crippen molar-refractivity contribution >= 4 is 17.2 Å². The second-order valence-electron chi connectivity index (χ2n) is 5.35. The van der Waals surface area contributed by atoms with Crippen LogP contribution < -0.4 is 0 Å². The highest BCUT2D eigenvalue weighted by atomic mass is 32.1. The van der Waals surface area contributed by atoms with Crippen molar-refractivity contribution in [2.75, 3.05) is 6.54 Å². The topological polar surface area (TPSA) is 59.2 Å². The highest BCUT2D eigenvalue weighted by molar-refractivity contribution is 7.10. The minimum atomic E-state index is 0.238. The summed E-state index contributed by atoms with van der Waals surface area (Å²) < 4.78 is 5.07. The minimum absolute atomic E-state index is 0.238. The third-order valence-electron chi connectivity index (χ3n) is 3.80. The zero-order chi connectivity index (χ0) is 14.7. The molecule has 0 aromatic carbocycles. The Morgan fingerprint density at radius 1 is 1.57 bits per heavy atom. The molecule has 1 aliphatic rings. The van der Waals surface area contributed by atoms with Gasteiger partial charge in [-0.1, -0.05) is 11.2 Å². The molecule has 1 aliphatic heterocycles. The monoisotopic (exact) mass is 305 g/mol. The molecular formula is C15H19N3O2S. The van der Waals surface area contributed by atoms with Crippen LogP contribution in [0.1, 0.15) is 48.3 Å². The summed E-state index contributed by atoms with van der Waals surface area (Å²) in [6.45, 7) is 2.68. The Balaban J connectivity index is 1.52. The fraction of sp³-hybridized carbons (Fsp3) is 0.533. The average molecular weight is 305 g/mol. The standard InChI is InChI=1S/C15H19N3O2S/c1-11-16-14(20-17-11)7-2-8-15(19)18-9-3-5-12(18)13-6-4-10-21-13/h4,6,10,12H,2-3,5,7-9H2,1H3/t12-/m1/s1. The lowest BCUT2D eigenvalue weighted by Gasteiger charge is -2.23. The van der Waals surface area contributed by atoms with Gasteiger partial charge in [0.25, 0.3) is 0 Å². The number of likely N-dealkylation sites (tertiary alicyclic amines) is 1. The van der Waals surface area contributed by atoms with E-state index in [0.717, 1.165) is 25.8 Å². The van der Waals surface area contributed by atoms with Gasteiger partial charge in [-0.3, -0.25) is 4.79 Å². The van der Waals surface area contributed by atoms with Crippen molar-refractivity contribution in [2.24, 2.45) is 0 Å². The summed E-state index contributed by atoms with van der Waals surface area (Å²) in [7, 11) is 0. The van der Waals surface area contributed by atoms with Crippen LogP contribution in [0.4, 0.5) is 0 Å². The van der Waals surface area contributed by atoms with Crippen molar-refractivity contribution in [3.8, 4) is 0 Å². The van der Waals surface area contributed by atoms with Crippen molar-refractivity contribution in [1.29, 1.82) is 0 Å². The first-order chi connectivity index (χ1) is 10.2. The first-order valence-corrected chi connectivity index (χ1v) is 8.24. The summed E-state index contributed by atoms with van der Waals surface area (Å²) in [4.78, 5) is 19.9. The Hall–Kier alpha value is -1.69. The minimum Gasteiger partial charge on any atom is -0.339 e. The molecule has 0 saturated carbocycles. The van der Waals surface area contributed by atoms with Gasteiger partial charge in [0.1, 0.15) is 0 Å². The molecule has 2 aromatic rings. The van der Waals surface area contributed by atoms with E-state index in [4.69, 9.17) is 4.52 Å². The van der Waals surface area contributed by atoms with Crippen LogP contribution in [0.5, 0.6) is 0 Å². The molecule has 1 amide bonds. The van der Waals surface area contributed by atoms with Crippen LogP contribution in [0, 0.1) is 6.92 Å². The molecule has 3 heterocycles. The highest BCUT2D eigenvalue weighted by Crippen LogP contribution is 2.34. The van der Waals surface area contributed by atoms with E-state index in [-0.39, 0.29) is 11.9 Å². The molecule has 21 heavy (non-hydrogen) atoms. The molecule has 0 aliphatic carbocycles. The molecule has 112 valence electrons. The molecule has 1 fully saturated rings. The first kappa shape index (κ1) is 14.3. The maximum atomic E-state index is 12.4. The summed E-state index contributed by atoms with van der Waals surface area (Å²) in [5.74, 6) is 1.51. The van der Waals surface area contributed by atoms with Gasteiger partial charge < -0.3 is 9.42 Å². The van der Waals surface area contributed by atoms with E-state index in [1.165, 1.54) is 4.88 Å². The second-order valence-corrected chi connectivity index (χ2v) is 6.33. The third kappa shape index (κ3) is 3.32. The Kier molecular flexibility index (Phi) is 4.34. The molecule has 2 aromatic heterocycles. The van der Waals surface area contributed by atoms with Crippen molar-refractivity contribution in [1.82, 2.24) is 15.0 Å². The lowest BCUT2D eigenvalue weighted by molar-refractivity contribution is -0.132. The van der Waals surface area contributed by atoms with Gasteiger partial charge in [0, 0.05) is 24.3 Å². The van der Waals surface area contributed by atoms with E-state index in [1.807, 2.05) is 4.90 Å². The maximum Gasteiger partial charge on any atom is 0.226 e. The highest BCUT2D eigenvalue weighted by Gasteiger charge is 2.30. The van der Waals surface area contributed by atoms with Crippen molar-refractivity contribution in [2.45, 2.75) is 45.1 Å². The van der Waals surface area contributed by atoms with Gasteiger partial charge in [0.05, 0.1) is 6.04 Å². The van der Waals surface area contributed by atoms with Crippen molar-refractivity contribution in [3.05, 3.63) is 34.1 Å². The maximum absolute atomic E-state index is 12.4. The molecule has 0 spiro atoms. The fourth-order valence-electron chi connectivity index (χ4n) is 2.82. The molecule has 0 unspecified atom stereocenters. The number of carbonyl (C=O) groups is 1. The van der Waals surface area contributed by atoms with E-state index < -0.39 is 0 Å². The van der Waals surface area contributed by atoms with E-state index >= 15 is 0 Å². The lowest BCUT2D eigenvalue weighted by Crippen LogP contribution is -2.30. The molecule has 0 N–H and O–H groups in total. The zero-order valence-corrected chi connectivity index (χ0v) is 12.9. The van der Waals surface area contributed by atoms with E-state index in [9.17, 15) is 4.79 Å². The molecule has 3 rings (SSSR count). The Labute approximate surface area is 128 Å². The molecule has 1 saturated heterocycles. The largest absolute Gasteiger partial charge is 0.339 e. The number of carbonyl (C=O) groups excluding carboxylic acids is 1. The summed E-state index contributed by atoms with van der Waals surface area (Å²) >= 11 is 1.74. The van der Waals surface area contributed by atoms with Crippen LogP contribution in [-0.2, 0) is 11.2 Å². The molecule has 1 atom stereocenters. The Bertz CT molecular complexity index is 594. The van der Waals surface area contributed by atoms with Crippen molar-refractivity contribution in [3.63, 3.8) is 0 Å². The molecule has 0 bridgehead atoms. The van der Waals surface area contributed by atoms with Gasteiger partial charge in [0.15, 0.2) is 5.82 Å². The van der Waals surface area contributed by atoms with Crippen LogP contribution >= 0.6 is 11.3 Å². The third-order valence-corrected chi connectivity index (χ3v) is 4.77. The van der Waals surface area contributed by atoms with Gasteiger partial charge in [-0.05, 0) is 37.6 Å². The van der Waals surface area contributed by atoms with Gasteiger partial charge >= 0.3 is 0 Å². The number of aromatic nitrogens is 2. The second kappa shape index (κ2) is 6.39. The van der Waals surface area contributed by atoms with Crippen LogP contribution in [0.3, 0.4) is 0 Å². The normalized spacial score (nSPS) is 18.3. The molecule has 5 nitrogen and oxygen atoms in total. The number of hydrogen-bond acceptors (Lipinski definition) is 5. The number of nitrogens with zero attached hydrogens (tertiary/aromatic N) is 3. The van der Waals surface area contributed by atoms with Gasteiger partial charge in [-0.2, -0.15) is 4.98 Å². The fourth-order valence-corrected chi connectivity index (χ4v) is 3.69. The zero-order valence-electron chi connectivity index (χ0n) is 12.1. The summed E-state index contributed by atoms with van der Waals surface area (Å²) in [5.41, 5.74) is 0. The van der Waals surface area contributed by atoms with Gasteiger partial charge in [0.2, 0.25) is 11.8 Å². The average Bonchev–Trinajstić information content (AvgIpc) is 3.19. The number of thiophene rings is 1. The van der Waals surface area contributed by atoms with E-state index in [1.54, 1.807) is 18.3 Å². The van der Waals surface area contributed by atoms with Gasteiger partial charge in [-0.25, -0.2) is 0 Å². The quantitative estimate of drug-likeness (QED) is 0.851. The summed E-state index contributed by atoms with van der Waals surface area (Å²) in [6.07, 6.45) is 4.15. The molecule has 0 radical (unpaired) electrons. The van der Waals surface area contributed by atoms with E-state index in [0.29, 0.717) is 24.6 Å².